The van der Waals surface area contributed by atoms with E-state index in [4.69, 9.17) is 14.5 Å². The van der Waals surface area contributed by atoms with Crippen molar-refractivity contribution in [2.24, 2.45) is 13.0 Å². The van der Waals surface area contributed by atoms with Gasteiger partial charge in [0.15, 0.2) is 0 Å². The van der Waals surface area contributed by atoms with E-state index < -0.39 is 5.97 Å². The average molecular weight is 480 g/mol. The topological polar surface area (TPSA) is 137 Å². The van der Waals surface area contributed by atoms with E-state index in [2.05, 4.69) is 25.6 Å². The summed E-state index contributed by atoms with van der Waals surface area (Å²) in [5.74, 6) is 0.596. The Morgan fingerprint density at radius 3 is 2.77 bits per heavy atom. The quantitative estimate of drug-likeness (QED) is 0.471. The van der Waals surface area contributed by atoms with E-state index in [1.165, 1.54) is 0 Å². The monoisotopic (exact) mass is 479 g/mol. The van der Waals surface area contributed by atoms with Crippen LogP contribution in [0.25, 0.3) is 11.4 Å². The third-order valence-corrected chi connectivity index (χ3v) is 6.35. The molecule has 5 rings (SSSR count). The van der Waals surface area contributed by atoms with E-state index in [0.717, 1.165) is 37.1 Å². The minimum absolute atomic E-state index is 0.118. The molecule has 2 saturated carbocycles. The normalized spacial score (nSPS) is 19.8. The van der Waals surface area contributed by atoms with Gasteiger partial charge in [0, 0.05) is 19.3 Å². The minimum atomic E-state index is -0.750. The summed E-state index contributed by atoms with van der Waals surface area (Å²) in [6, 6.07) is 5.48. The Balaban J connectivity index is 1.27. The fourth-order valence-corrected chi connectivity index (χ4v) is 4.25. The summed E-state index contributed by atoms with van der Waals surface area (Å²) in [5.41, 5.74) is 2.89. The maximum absolute atomic E-state index is 11.4. The molecule has 3 aromatic heterocycles. The minimum Gasteiger partial charge on any atom is -0.489 e. The lowest BCUT2D eigenvalue weighted by atomic mass is 9.87. The van der Waals surface area contributed by atoms with Crippen molar-refractivity contribution >= 4 is 11.9 Å². The summed E-state index contributed by atoms with van der Waals surface area (Å²) < 4.78 is 13.6. The predicted octanol–water partition coefficient (Wildman–Crippen LogP) is 3.15. The summed E-state index contributed by atoms with van der Waals surface area (Å²) >= 11 is 0. The highest BCUT2D eigenvalue weighted by molar-refractivity contribution is 5.70. The third-order valence-electron chi connectivity index (χ3n) is 6.35. The molecule has 11 nitrogen and oxygen atoms in total. The molecule has 11 heteroatoms. The summed E-state index contributed by atoms with van der Waals surface area (Å²) in [6.45, 7) is 2.28. The number of aryl methyl sites for hydroxylation is 2. The fourth-order valence-electron chi connectivity index (χ4n) is 4.25. The van der Waals surface area contributed by atoms with Crippen LogP contribution >= 0.6 is 0 Å². The van der Waals surface area contributed by atoms with Crippen molar-refractivity contribution in [2.45, 2.75) is 64.2 Å². The van der Waals surface area contributed by atoms with Gasteiger partial charge in [-0.15, -0.1) is 5.10 Å². The number of nitrogens with zero attached hydrogens (tertiary/aromatic N) is 6. The maximum Gasteiger partial charge on any atom is 0.306 e. The Hall–Kier alpha value is -3.76. The van der Waals surface area contributed by atoms with Gasteiger partial charge in [0.25, 0.3) is 0 Å². The van der Waals surface area contributed by atoms with Crippen LogP contribution in [0.15, 0.2) is 24.4 Å². The number of anilines is 1. The van der Waals surface area contributed by atoms with E-state index in [1.54, 1.807) is 16.9 Å². The molecule has 0 unspecified atom stereocenters. The second kappa shape index (κ2) is 9.85. The molecule has 35 heavy (non-hydrogen) atoms. The first-order valence-corrected chi connectivity index (χ1v) is 12.0. The second-order valence-corrected chi connectivity index (χ2v) is 9.12. The van der Waals surface area contributed by atoms with E-state index in [9.17, 15) is 9.90 Å². The standard InChI is InChI=1S/C24H29N7O4/c1-14-20(34-17-5-3-4-15(12-17)23(32)33)9-8-18(27-14)22-19(31(2)30-29-22)13-26-24-25-11-10-21(28-24)35-16-6-7-16/h8-11,15-17H,3-7,12-13H2,1-2H3,(H,32,33)(H,25,26,28)/t15-,17-/m0/s1. The zero-order valence-electron chi connectivity index (χ0n) is 19.8. The molecule has 0 radical (unpaired) electrons. The van der Waals surface area contributed by atoms with Gasteiger partial charge in [0.05, 0.1) is 35.6 Å². The molecule has 0 spiro atoms. The van der Waals surface area contributed by atoms with Crippen LogP contribution in [-0.4, -0.2) is 53.2 Å². The number of hydrogen-bond acceptors (Lipinski definition) is 9. The average Bonchev–Trinajstić information content (AvgIpc) is 3.59. The molecule has 184 valence electrons. The fraction of sp³-hybridized carbons (Fsp3) is 0.500. The van der Waals surface area contributed by atoms with Crippen LogP contribution in [0.3, 0.4) is 0 Å². The van der Waals surface area contributed by atoms with Gasteiger partial charge in [0.2, 0.25) is 11.8 Å². The van der Waals surface area contributed by atoms with Crippen molar-refractivity contribution in [3.63, 3.8) is 0 Å². The second-order valence-electron chi connectivity index (χ2n) is 9.12. The Labute approximate surface area is 202 Å². The van der Waals surface area contributed by atoms with E-state index in [1.807, 2.05) is 26.1 Å². The predicted molar refractivity (Wildman–Crippen MR) is 126 cm³/mol. The van der Waals surface area contributed by atoms with Crippen LogP contribution < -0.4 is 14.8 Å². The van der Waals surface area contributed by atoms with Crippen LogP contribution in [-0.2, 0) is 18.4 Å². The molecule has 0 aliphatic heterocycles. The first kappa shape index (κ1) is 23.0. The summed E-state index contributed by atoms with van der Waals surface area (Å²) in [4.78, 5) is 24.8. The van der Waals surface area contributed by atoms with Gasteiger partial charge < -0.3 is 19.9 Å². The van der Waals surface area contributed by atoms with Crippen LogP contribution in [0.1, 0.15) is 49.9 Å². The largest absolute Gasteiger partial charge is 0.489 e. The van der Waals surface area contributed by atoms with Crippen molar-refractivity contribution in [3.05, 3.63) is 35.8 Å². The van der Waals surface area contributed by atoms with Crippen molar-refractivity contribution in [2.75, 3.05) is 5.32 Å². The first-order chi connectivity index (χ1) is 17.0. The molecule has 0 bridgehead atoms. The van der Waals surface area contributed by atoms with Crippen molar-refractivity contribution in [3.8, 4) is 23.0 Å². The third kappa shape index (κ3) is 5.50. The number of carboxylic acids is 1. The molecule has 2 fully saturated rings. The van der Waals surface area contributed by atoms with Gasteiger partial charge in [-0.3, -0.25) is 4.79 Å². The zero-order chi connectivity index (χ0) is 24.4. The highest BCUT2D eigenvalue weighted by Gasteiger charge is 2.28. The molecular weight excluding hydrogens is 450 g/mol. The van der Waals surface area contributed by atoms with Gasteiger partial charge in [-0.25, -0.2) is 14.6 Å². The SMILES string of the molecule is Cc1nc(-c2nnn(C)c2CNc2nccc(OC3CC3)n2)ccc1O[C@H]1CCC[C@H](C(=O)O)C1. The van der Waals surface area contributed by atoms with E-state index in [-0.39, 0.29) is 18.1 Å². The molecular formula is C24H29N7O4. The smallest absolute Gasteiger partial charge is 0.306 e. The number of carboxylic acid groups (broad SMARTS) is 1. The van der Waals surface area contributed by atoms with Gasteiger partial charge in [-0.2, -0.15) is 4.98 Å². The Bertz CT molecular complexity index is 1210. The van der Waals surface area contributed by atoms with Crippen LogP contribution in [0.2, 0.25) is 0 Å². The molecule has 0 aromatic carbocycles. The highest BCUT2D eigenvalue weighted by Crippen LogP contribution is 2.31. The number of nitrogens with one attached hydrogen (secondary N) is 1. The van der Waals surface area contributed by atoms with Gasteiger partial charge in [-0.1, -0.05) is 5.21 Å². The van der Waals surface area contributed by atoms with E-state index in [0.29, 0.717) is 48.4 Å². The molecule has 0 saturated heterocycles. The molecule has 2 N–H and O–H groups in total. The van der Waals surface area contributed by atoms with Crippen molar-refractivity contribution in [1.29, 1.82) is 0 Å². The Morgan fingerprint density at radius 2 is 2.00 bits per heavy atom. The molecule has 2 aliphatic carbocycles. The van der Waals surface area contributed by atoms with Gasteiger partial charge in [-0.05, 0) is 57.6 Å². The molecule has 3 heterocycles. The van der Waals surface area contributed by atoms with E-state index >= 15 is 0 Å². The lowest BCUT2D eigenvalue weighted by molar-refractivity contribution is -0.143. The Morgan fingerprint density at radius 1 is 1.14 bits per heavy atom. The van der Waals surface area contributed by atoms with Crippen molar-refractivity contribution < 1.29 is 19.4 Å². The van der Waals surface area contributed by atoms with Crippen LogP contribution in [0.4, 0.5) is 5.95 Å². The Kier molecular flexibility index (Phi) is 6.47. The maximum atomic E-state index is 11.4. The highest BCUT2D eigenvalue weighted by atomic mass is 16.5. The first-order valence-electron chi connectivity index (χ1n) is 12.0. The molecule has 2 atom stereocenters. The number of aliphatic carboxylic acids is 1. The van der Waals surface area contributed by atoms with Crippen LogP contribution in [0.5, 0.6) is 11.6 Å². The number of hydrogen-bond donors (Lipinski definition) is 2. The molecule has 3 aromatic rings. The summed E-state index contributed by atoms with van der Waals surface area (Å²) in [5, 5.41) is 21.0. The molecule has 2 aliphatic rings. The lowest BCUT2D eigenvalue weighted by Gasteiger charge is -2.27. The number of pyridine rings is 1. The van der Waals surface area contributed by atoms with Gasteiger partial charge in [0.1, 0.15) is 17.5 Å². The number of rotatable bonds is 9. The lowest BCUT2D eigenvalue weighted by Crippen LogP contribution is -2.29. The van der Waals surface area contributed by atoms with Crippen molar-refractivity contribution in [1.82, 2.24) is 29.9 Å². The van der Waals surface area contributed by atoms with Crippen LogP contribution in [0, 0.1) is 12.8 Å². The zero-order valence-corrected chi connectivity index (χ0v) is 19.8. The van der Waals surface area contributed by atoms with Gasteiger partial charge >= 0.3 is 5.97 Å². The summed E-state index contributed by atoms with van der Waals surface area (Å²) in [6.07, 6.45) is 6.87. The number of aromatic nitrogens is 6. The molecule has 0 amide bonds. The number of carbonyl (C=O) groups is 1. The number of ether oxygens (including phenoxy) is 2. The summed E-state index contributed by atoms with van der Waals surface area (Å²) in [7, 11) is 1.83.